The SMILES string of the molecule is Cc1c(Cl)nc(C2CC2)nc1OCC(F)(F)C(F)F. The lowest BCUT2D eigenvalue weighted by Crippen LogP contribution is -2.34. The van der Waals surface area contributed by atoms with Gasteiger partial charge in [-0.3, -0.25) is 0 Å². The van der Waals surface area contributed by atoms with Gasteiger partial charge in [0.2, 0.25) is 5.88 Å². The Morgan fingerprint density at radius 1 is 1.37 bits per heavy atom. The molecule has 19 heavy (non-hydrogen) atoms. The van der Waals surface area contributed by atoms with Crippen molar-refractivity contribution in [1.29, 1.82) is 0 Å². The number of halogens is 5. The van der Waals surface area contributed by atoms with Crippen molar-refractivity contribution in [1.82, 2.24) is 9.97 Å². The van der Waals surface area contributed by atoms with E-state index in [2.05, 4.69) is 9.97 Å². The molecule has 1 aromatic heterocycles. The van der Waals surface area contributed by atoms with Gasteiger partial charge in [-0.05, 0) is 19.8 Å². The molecule has 0 radical (unpaired) electrons. The van der Waals surface area contributed by atoms with Crippen LogP contribution in [0.4, 0.5) is 17.6 Å². The number of alkyl halides is 4. The quantitative estimate of drug-likeness (QED) is 0.615. The van der Waals surface area contributed by atoms with Crippen LogP contribution in [0.25, 0.3) is 0 Å². The van der Waals surface area contributed by atoms with Crippen LogP contribution < -0.4 is 4.74 Å². The third-order valence-corrected chi connectivity index (χ3v) is 3.09. The molecule has 1 saturated carbocycles. The normalized spacial score (nSPS) is 15.9. The molecule has 0 unspecified atom stereocenters. The zero-order valence-corrected chi connectivity index (χ0v) is 10.7. The zero-order valence-electron chi connectivity index (χ0n) is 9.97. The van der Waals surface area contributed by atoms with Crippen molar-refractivity contribution in [3.05, 3.63) is 16.5 Å². The second-order valence-corrected chi connectivity index (χ2v) is 4.79. The van der Waals surface area contributed by atoms with Crippen molar-refractivity contribution >= 4 is 11.6 Å². The van der Waals surface area contributed by atoms with Gasteiger partial charge < -0.3 is 4.74 Å². The Hall–Kier alpha value is -1.11. The van der Waals surface area contributed by atoms with Gasteiger partial charge in [-0.2, -0.15) is 13.8 Å². The Balaban J connectivity index is 2.15. The van der Waals surface area contributed by atoms with Crippen LogP contribution in [0.3, 0.4) is 0 Å². The summed E-state index contributed by atoms with van der Waals surface area (Å²) in [6, 6.07) is 0. The molecule has 106 valence electrons. The molecule has 1 aliphatic carbocycles. The molecular formula is C11H11ClF4N2O. The van der Waals surface area contributed by atoms with Crippen LogP contribution in [0, 0.1) is 6.92 Å². The van der Waals surface area contributed by atoms with E-state index in [0.717, 1.165) is 12.8 Å². The van der Waals surface area contributed by atoms with Crippen molar-refractivity contribution in [3.63, 3.8) is 0 Å². The highest BCUT2D eigenvalue weighted by Crippen LogP contribution is 2.40. The Kier molecular flexibility index (Phi) is 3.85. The van der Waals surface area contributed by atoms with E-state index in [1.54, 1.807) is 0 Å². The lowest BCUT2D eigenvalue weighted by atomic mass is 10.3. The molecule has 0 aromatic carbocycles. The topological polar surface area (TPSA) is 35.0 Å². The van der Waals surface area contributed by atoms with Crippen molar-refractivity contribution in [2.45, 2.75) is 38.0 Å². The van der Waals surface area contributed by atoms with Gasteiger partial charge in [0, 0.05) is 11.5 Å². The largest absolute Gasteiger partial charge is 0.471 e. The summed E-state index contributed by atoms with van der Waals surface area (Å²) in [5, 5.41) is 0.0901. The van der Waals surface area contributed by atoms with Gasteiger partial charge in [-0.1, -0.05) is 11.6 Å². The maximum Gasteiger partial charge on any atom is 0.340 e. The minimum atomic E-state index is -4.22. The Bertz CT molecular complexity index is 480. The highest BCUT2D eigenvalue weighted by atomic mass is 35.5. The predicted octanol–water partition coefficient (Wildman–Crippen LogP) is 3.60. The van der Waals surface area contributed by atoms with Crippen molar-refractivity contribution in [3.8, 4) is 5.88 Å². The number of nitrogens with zero attached hydrogens (tertiary/aromatic N) is 2. The summed E-state index contributed by atoms with van der Waals surface area (Å²) in [4.78, 5) is 7.98. The minimum Gasteiger partial charge on any atom is -0.471 e. The van der Waals surface area contributed by atoms with Gasteiger partial charge in [0.25, 0.3) is 0 Å². The standard InChI is InChI=1S/C11H11ClF4N2O/c1-5-7(12)17-8(6-2-3-6)18-9(5)19-4-11(15,16)10(13)14/h6,10H,2-4H2,1H3. The number of hydrogen-bond acceptors (Lipinski definition) is 3. The van der Waals surface area contributed by atoms with E-state index in [9.17, 15) is 17.6 Å². The van der Waals surface area contributed by atoms with E-state index in [1.807, 2.05) is 0 Å². The van der Waals surface area contributed by atoms with Crippen LogP contribution in [0.1, 0.15) is 30.1 Å². The molecule has 2 rings (SSSR count). The van der Waals surface area contributed by atoms with Gasteiger partial charge >= 0.3 is 12.3 Å². The summed E-state index contributed by atoms with van der Waals surface area (Å²) in [5.41, 5.74) is 0.260. The lowest BCUT2D eigenvalue weighted by molar-refractivity contribution is -0.148. The molecule has 1 aromatic rings. The van der Waals surface area contributed by atoms with E-state index in [1.165, 1.54) is 6.92 Å². The number of hydrogen-bond donors (Lipinski definition) is 0. The molecule has 0 spiro atoms. The molecule has 1 fully saturated rings. The lowest BCUT2D eigenvalue weighted by Gasteiger charge is -2.17. The van der Waals surface area contributed by atoms with Crippen LogP contribution in [-0.4, -0.2) is 28.9 Å². The van der Waals surface area contributed by atoms with E-state index >= 15 is 0 Å². The molecule has 0 amide bonds. The maximum atomic E-state index is 12.8. The molecule has 1 heterocycles. The number of ether oxygens (including phenoxy) is 1. The second kappa shape index (κ2) is 5.11. The molecule has 0 N–H and O–H groups in total. The number of rotatable bonds is 5. The van der Waals surface area contributed by atoms with Crippen LogP contribution >= 0.6 is 11.6 Å². The van der Waals surface area contributed by atoms with E-state index in [-0.39, 0.29) is 22.5 Å². The monoisotopic (exact) mass is 298 g/mol. The molecule has 8 heteroatoms. The first-order valence-electron chi connectivity index (χ1n) is 5.64. The highest BCUT2D eigenvalue weighted by Gasteiger charge is 2.42. The zero-order chi connectivity index (χ0) is 14.2. The fourth-order valence-electron chi connectivity index (χ4n) is 1.38. The number of aromatic nitrogens is 2. The third-order valence-electron chi connectivity index (χ3n) is 2.72. The molecule has 3 nitrogen and oxygen atoms in total. The van der Waals surface area contributed by atoms with Crippen LogP contribution in [0.15, 0.2) is 0 Å². The summed E-state index contributed by atoms with van der Waals surface area (Å²) in [7, 11) is 0. The Morgan fingerprint density at radius 2 is 2.00 bits per heavy atom. The smallest absolute Gasteiger partial charge is 0.340 e. The van der Waals surface area contributed by atoms with E-state index < -0.39 is 19.0 Å². The van der Waals surface area contributed by atoms with Crippen molar-refractivity contribution < 1.29 is 22.3 Å². The van der Waals surface area contributed by atoms with Gasteiger partial charge in [-0.15, -0.1) is 0 Å². The van der Waals surface area contributed by atoms with E-state index in [4.69, 9.17) is 16.3 Å². The van der Waals surface area contributed by atoms with Gasteiger partial charge in [0.15, 0.2) is 6.61 Å². The fourth-order valence-corrected chi connectivity index (χ4v) is 1.55. The first-order valence-corrected chi connectivity index (χ1v) is 6.02. The predicted molar refractivity (Wildman–Crippen MR) is 60.2 cm³/mol. The van der Waals surface area contributed by atoms with Gasteiger partial charge in [-0.25, -0.2) is 13.8 Å². The summed E-state index contributed by atoms with van der Waals surface area (Å²) < 4.78 is 54.3. The molecule has 1 aliphatic rings. The summed E-state index contributed by atoms with van der Waals surface area (Å²) in [6.45, 7) is 0.0395. The molecule has 0 bridgehead atoms. The van der Waals surface area contributed by atoms with Crippen LogP contribution in [-0.2, 0) is 0 Å². The molecule has 0 aliphatic heterocycles. The first kappa shape index (κ1) is 14.3. The third kappa shape index (κ3) is 3.26. The first-order chi connectivity index (χ1) is 8.81. The Labute approximate surface area is 111 Å². The van der Waals surface area contributed by atoms with E-state index in [0.29, 0.717) is 5.82 Å². The van der Waals surface area contributed by atoms with Crippen LogP contribution in [0.5, 0.6) is 5.88 Å². The minimum absolute atomic E-state index is 0.0901. The molecule has 0 atom stereocenters. The highest BCUT2D eigenvalue weighted by molar-refractivity contribution is 6.30. The summed E-state index contributed by atoms with van der Waals surface area (Å²) in [5.74, 6) is -3.83. The van der Waals surface area contributed by atoms with Gasteiger partial charge in [0.1, 0.15) is 11.0 Å². The second-order valence-electron chi connectivity index (χ2n) is 4.43. The van der Waals surface area contributed by atoms with Gasteiger partial charge in [0.05, 0.1) is 0 Å². The van der Waals surface area contributed by atoms with Crippen molar-refractivity contribution in [2.75, 3.05) is 6.61 Å². The average molecular weight is 299 g/mol. The Morgan fingerprint density at radius 3 is 2.53 bits per heavy atom. The summed E-state index contributed by atoms with van der Waals surface area (Å²) >= 11 is 5.84. The van der Waals surface area contributed by atoms with Crippen molar-refractivity contribution in [2.24, 2.45) is 0 Å². The van der Waals surface area contributed by atoms with Crippen LogP contribution in [0.2, 0.25) is 5.15 Å². The molecular weight excluding hydrogens is 288 g/mol. The maximum absolute atomic E-state index is 12.8. The average Bonchev–Trinajstić information content (AvgIpc) is 3.14. The summed E-state index contributed by atoms with van der Waals surface area (Å²) in [6.07, 6.45) is -1.99. The fraction of sp³-hybridized carbons (Fsp3) is 0.636. The molecule has 0 saturated heterocycles.